The van der Waals surface area contributed by atoms with Crippen LogP contribution in [-0.4, -0.2) is 80.1 Å². The largest absolute Gasteiger partial charge is 0.504 e. The van der Waals surface area contributed by atoms with Crippen LogP contribution in [0.2, 0.25) is 0 Å². The molecule has 0 aliphatic carbocycles. The molecule has 14 nitrogen and oxygen atoms in total. The molecule has 0 amide bonds. The molecular formula is C32H31ClN2O12. The minimum atomic E-state index is -0.477. The molecule has 15 heteroatoms. The van der Waals surface area contributed by atoms with Gasteiger partial charge in [0.05, 0.1) is 13.1 Å². The standard InChI is InChI=1S/2C16H15NO6.ClH/c17-7-14(21)9-2-4-16(13(20)6-9)23-8-15(22)10-1-3-11(18)12(19)5-10;17-7-14(21)10-2-4-12(19)16(6-10)23-8-15(22)9-1-3-11(18)13(20)5-9;/h2*1-6,18-20H,7-8,17H2;1H. The van der Waals surface area contributed by atoms with Crippen molar-refractivity contribution in [1.29, 1.82) is 0 Å². The first-order valence-corrected chi connectivity index (χ1v) is 13.3. The van der Waals surface area contributed by atoms with E-state index in [1.165, 1.54) is 60.7 Å². The highest BCUT2D eigenvalue weighted by Crippen LogP contribution is 2.30. The molecule has 0 aromatic heterocycles. The van der Waals surface area contributed by atoms with Gasteiger partial charge in [-0.2, -0.15) is 0 Å². The van der Waals surface area contributed by atoms with Crippen molar-refractivity contribution in [3.8, 4) is 46.0 Å². The number of carbonyl (C=O) groups is 4. The number of hydrogen-bond acceptors (Lipinski definition) is 14. The van der Waals surface area contributed by atoms with E-state index in [2.05, 4.69) is 0 Å². The summed E-state index contributed by atoms with van der Waals surface area (Å²) in [5.74, 6) is -3.60. The van der Waals surface area contributed by atoms with Gasteiger partial charge in [-0.05, 0) is 72.8 Å². The summed E-state index contributed by atoms with van der Waals surface area (Å²) >= 11 is 0. The van der Waals surface area contributed by atoms with E-state index in [1.54, 1.807) is 0 Å². The van der Waals surface area contributed by atoms with E-state index in [1.807, 2.05) is 0 Å². The Morgan fingerprint density at radius 3 is 1.23 bits per heavy atom. The first-order chi connectivity index (χ1) is 21.8. The Kier molecular flexibility index (Phi) is 13.5. The zero-order valence-corrected chi connectivity index (χ0v) is 25.3. The Morgan fingerprint density at radius 2 is 0.809 bits per heavy atom. The molecule has 4 aromatic carbocycles. The lowest BCUT2D eigenvalue weighted by molar-refractivity contribution is 0.0912. The van der Waals surface area contributed by atoms with Gasteiger partial charge in [-0.25, -0.2) is 0 Å². The minimum absolute atomic E-state index is 0. The van der Waals surface area contributed by atoms with Gasteiger partial charge in [0.25, 0.3) is 0 Å². The molecule has 0 saturated carbocycles. The topological polar surface area (TPSA) is 260 Å². The molecule has 47 heavy (non-hydrogen) atoms. The molecule has 0 spiro atoms. The van der Waals surface area contributed by atoms with Crippen molar-refractivity contribution >= 4 is 35.5 Å². The number of nitrogens with two attached hydrogens (primary N) is 2. The van der Waals surface area contributed by atoms with E-state index in [0.717, 1.165) is 12.1 Å². The molecule has 0 heterocycles. The Balaban J connectivity index is 0.000000320. The van der Waals surface area contributed by atoms with Crippen LogP contribution < -0.4 is 20.9 Å². The third kappa shape index (κ3) is 10.1. The fraction of sp³-hybridized carbons (Fsp3) is 0.125. The number of benzene rings is 4. The summed E-state index contributed by atoms with van der Waals surface area (Å²) in [6.45, 7) is -1.17. The predicted molar refractivity (Wildman–Crippen MR) is 169 cm³/mol. The highest BCUT2D eigenvalue weighted by Gasteiger charge is 2.15. The van der Waals surface area contributed by atoms with Crippen LogP contribution in [0, 0.1) is 0 Å². The molecular weight excluding hydrogens is 640 g/mol. The summed E-state index contributed by atoms with van der Waals surface area (Å²) in [6, 6.07) is 15.2. The third-order valence-corrected chi connectivity index (χ3v) is 6.25. The Bertz CT molecular complexity index is 1780. The number of Topliss-reactive ketones (excluding diaryl/α,β-unsaturated/α-hetero) is 4. The molecule has 0 aliphatic rings. The molecule has 0 unspecified atom stereocenters. The van der Waals surface area contributed by atoms with Gasteiger partial charge in [0.15, 0.2) is 82.3 Å². The lowest BCUT2D eigenvalue weighted by atomic mass is 10.1. The van der Waals surface area contributed by atoms with Gasteiger partial charge in [0, 0.05) is 22.3 Å². The maximum absolute atomic E-state index is 12.0. The van der Waals surface area contributed by atoms with Crippen molar-refractivity contribution < 1.29 is 59.3 Å². The molecule has 10 N–H and O–H groups in total. The number of rotatable bonds is 12. The van der Waals surface area contributed by atoms with Crippen LogP contribution in [0.3, 0.4) is 0 Å². The van der Waals surface area contributed by atoms with Crippen LogP contribution in [0.4, 0.5) is 0 Å². The zero-order valence-electron chi connectivity index (χ0n) is 24.5. The lowest BCUT2D eigenvalue weighted by Crippen LogP contribution is -2.14. The third-order valence-electron chi connectivity index (χ3n) is 6.25. The molecule has 0 aliphatic heterocycles. The van der Waals surface area contributed by atoms with Gasteiger partial charge in [0.1, 0.15) is 0 Å². The number of carbonyl (C=O) groups excluding carboxylic acids is 4. The van der Waals surface area contributed by atoms with E-state index < -0.39 is 29.7 Å². The lowest BCUT2D eigenvalue weighted by Gasteiger charge is -2.09. The van der Waals surface area contributed by atoms with Crippen molar-refractivity contribution in [2.75, 3.05) is 26.3 Å². The fourth-order valence-corrected chi connectivity index (χ4v) is 3.70. The molecule has 0 bridgehead atoms. The molecule has 0 atom stereocenters. The minimum Gasteiger partial charge on any atom is -0.504 e. The number of hydrogen-bond donors (Lipinski definition) is 8. The van der Waals surface area contributed by atoms with E-state index in [4.69, 9.17) is 20.9 Å². The van der Waals surface area contributed by atoms with Crippen LogP contribution in [-0.2, 0) is 0 Å². The van der Waals surface area contributed by atoms with Gasteiger partial charge >= 0.3 is 0 Å². The number of ketones is 4. The second-order valence-corrected chi connectivity index (χ2v) is 9.45. The van der Waals surface area contributed by atoms with Crippen LogP contribution in [0.15, 0.2) is 72.8 Å². The average Bonchev–Trinajstić information content (AvgIpc) is 3.05. The number of phenols is 6. The first kappa shape index (κ1) is 37.4. The predicted octanol–water partition coefficient (Wildman–Crippen LogP) is 2.83. The number of phenolic OH excluding ortho intramolecular Hbond substituents is 6. The monoisotopic (exact) mass is 670 g/mol. The van der Waals surface area contributed by atoms with Gasteiger partial charge in [-0.1, -0.05) is 0 Å². The highest BCUT2D eigenvalue weighted by atomic mass is 35.5. The van der Waals surface area contributed by atoms with Crippen molar-refractivity contribution in [1.82, 2.24) is 0 Å². The molecule has 248 valence electrons. The Hall–Kier alpha value is -5.83. The molecule has 0 saturated heterocycles. The number of halogens is 1. The first-order valence-electron chi connectivity index (χ1n) is 13.3. The van der Waals surface area contributed by atoms with Gasteiger partial charge in [-0.3, -0.25) is 19.2 Å². The van der Waals surface area contributed by atoms with E-state index in [9.17, 15) is 49.8 Å². The normalized spacial score (nSPS) is 10.1. The molecule has 4 aromatic rings. The summed E-state index contributed by atoms with van der Waals surface area (Å²) < 4.78 is 10.4. The Labute approximate surface area is 273 Å². The Morgan fingerprint density at radius 1 is 0.447 bits per heavy atom. The summed E-state index contributed by atoms with van der Waals surface area (Å²) in [4.78, 5) is 46.9. The maximum Gasteiger partial charge on any atom is 0.200 e. The molecule has 4 rings (SSSR count). The summed E-state index contributed by atoms with van der Waals surface area (Å²) in [5, 5.41) is 56.6. The van der Waals surface area contributed by atoms with Crippen molar-refractivity contribution in [2.24, 2.45) is 11.5 Å². The summed E-state index contributed by atoms with van der Waals surface area (Å²) in [5.41, 5.74) is 11.3. The average molecular weight is 671 g/mol. The number of aromatic hydroxyl groups is 6. The van der Waals surface area contributed by atoms with E-state index >= 15 is 0 Å². The van der Waals surface area contributed by atoms with E-state index in [0.29, 0.717) is 0 Å². The smallest absolute Gasteiger partial charge is 0.200 e. The summed E-state index contributed by atoms with van der Waals surface area (Å²) in [7, 11) is 0. The molecule has 0 fully saturated rings. The van der Waals surface area contributed by atoms with Crippen molar-refractivity contribution in [3.63, 3.8) is 0 Å². The van der Waals surface area contributed by atoms with E-state index in [-0.39, 0.29) is 100 Å². The van der Waals surface area contributed by atoms with Crippen LogP contribution >= 0.6 is 12.4 Å². The quantitative estimate of drug-likeness (QED) is 0.0796. The SMILES string of the molecule is Cl.NCC(=O)c1ccc(O)c(OCC(=O)c2ccc(O)c(O)c2)c1.NCC(=O)c1ccc(OCC(=O)c2ccc(O)c(O)c2)c(O)c1. The van der Waals surface area contributed by atoms with Gasteiger partial charge < -0.3 is 51.6 Å². The second-order valence-electron chi connectivity index (χ2n) is 9.45. The van der Waals surface area contributed by atoms with Crippen LogP contribution in [0.25, 0.3) is 0 Å². The maximum atomic E-state index is 12.0. The fourth-order valence-electron chi connectivity index (χ4n) is 3.70. The molecule has 0 radical (unpaired) electrons. The highest BCUT2D eigenvalue weighted by molar-refractivity contribution is 6.00. The van der Waals surface area contributed by atoms with Crippen molar-refractivity contribution in [2.45, 2.75) is 0 Å². The zero-order chi connectivity index (χ0) is 34.0. The van der Waals surface area contributed by atoms with Crippen LogP contribution in [0.1, 0.15) is 41.4 Å². The van der Waals surface area contributed by atoms with Gasteiger partial charge in [0.2, 0.25) is 0 Å². The summed E-state index contributed by atoms with van der Waals surface area (Å²) in [6.07, 6.45) is 0. The number of ether oxygens (including phenoxy) is 2. The van der Waals surface area contributed by atoms with Gasteiger partial charge in [-0.15, -0.1) is 12.4 Å². The van der Waals surface area contributed by atoms with Crippen molar-refractivity contribution in [3.05, 3.63) is 95.1 Å². The second kappa shape index (κ2) is 17.0. The van der Waals surface area contributed by atoms with Crippen LogP contribution in [0.5, 0.6) is 46.0 Å².